The molecule has 0 fully saturated rings. The minimum atomic E-state index is -0.0626. The highest BCUT2D eigenvalue weighted by molar-refractivity contribution is 6.30. The zero-order chi connectivity index (χ0) is 12.5. The van der Waals surface area contributed by atoms with E-state index in [2.05, 4.69) is 4.98 Å². The Morgan fingerprint density at radius 2 is 2.17 bits per heavy atom. The fourth-order valence-corrected chi connectivity index (χ4v) is 2.72. The van der Waals surface area contributed by atoms with E-state index < -0.39 is 0 Å². The first-order valence-electron chi connectivity index (χ1n) is 5.98. The molecule has 0 amide bonds. The van der Waals surface area contributed by atoms with E-state index in [1.807, 2.05) is 24.3 Å². The fraction of sp³-hybridized carbons (Fsp3) is 0.200. The molecule has 2 nitrogen and oxygen atoms in total. The van der Waals surface area contributed by atoms with E-state index in [0.29, 0.717) is 5.02 Å². The summed E-state index contributed by atoms with van der Waals surface area (Å²) in [6.45, 7) is 0. The minimum Gasteiger partial charge on any atom is -0.293 e. The molecule has 0 radical (unpaired) electrons. The number of aryl methyl sites for hydroxylation is 1. The van der Waals surface area contributed by atoms with Crippen LogP contribution < -0.4 is 0 Å². The Labute approximate surface area is 111 Å². The first-order valence-corrected chi connectivity index (χ1v) is 6.36. The zero-order valence-corrected chi connectivity index (χ0v) is 10.5. The molecule has 1 aromatic heterocycles. The Morgan fingerprint density at radius 1 is 1.28 bits per heavy atom. The number of carbonyl (C=O) groups excluding carboxylic acids is 1. The molecule has 0 aliphatic heterocycles. The van der Waals surface area contributed by atoms with Gasteiger partial charge in [0.25, 0.3) is 0 Å². The van der Waals surface area contributed by atoms with Crippen LogP contribution in [0.5, 0.6) is 0 Å². The zero-order valence-electron chi connectivity index (χ0n) is 9.77. The summed E-state index contributed by atoms with van der Waals surface area (Å²) in [5, 5.41) is 0.696. The summed E-state index contributed by atoms with van der Waals surface area (Å²) in [4.78, 5) is 16.5. The van der Waals surface area contributed by atoms with Gasteiger partial charge in [-0.3, -0.25) is 9.78 Å². The topological polar surface area (TPSA) is 30.0 Å². The Balaban J connectivity index is 2.00. The molecular formula is C15H12ClNO. The van der Waals surface area contributed by atoms with Crippen molar-refractivity contribution in [3.05, 3.63) is 64.4 Å². The van der Waals surface area contributed by atoms with Gasteiger partial charge in [-0.2, -0.15) is 0 Å². The van der Waals surface area contributed by atoms with Crippen LogP contribution in [0.15, 0.2) is 42.7 Å². The van der Waals surface area contributed by atoms with Gasteiger partial charge in [0, 0.05) is 28.9 Å². The average Bonchev–Trinajstić information content (AvgIpc) is 2.40. The minimum absolute atomic E-state index is 0.0626. The van der Waals surface area contributed by atoms with Crippen molar-refractivity contribution in [2.75, 3.05) is 0 Å². The van der Waals surface area contributed by atoms with E-state index in [4.69, 9.17) is 11.6 Å². The van der Waals surface area contributed by atoms with Crippen LogP contribution in [0, 0.1) is 0 Å². The molecule has 3 rings (SSSR count). The lowest BCUT2D eigenvalue weighted by molar-refractivity contribution is 0.0946. The largest absolute Gasteiger partial charge is 0.293 e. The summed E-state index contributed by atoms with van der Waals surface area (Å²) in [5.41, 5.74) is 2.87. The Hall–Kier alpha value is -1.67. The maximum Gasteiger partial charge on any atom is 0.170 e. The maximum absolute atomic E-state index is 12.5. The summed E-state index contributed by atoms with van der Waals surface area (Å²) < 4.78 is 0. The van der Waals surface area contributed by atoms with Crippen LogP contribution in [-0.4, -0.2) is 10.8 Å². The number of hydrogen-bond acceptors (Lipinski definition) is 2. The van der Waals surface area contributed by atoms with Gasteiger partial charge in [0.2, 0.25) is 0 Å². The predicted octanol–water partition coefficient (Wildman–Crippen LogP) is 3.65. The molecule has 1 atom stereocenters. The number of aromatic nitrogens is 1. The number of pyridine rings is 1. The molecule has 0 unspecified atom stereocenters. The van der Waals surface area contributed by atoms with Gasteiger partial charge in [0.15, 0.2) is 5.78 Å². The number of rotatable bonds is 1. The number of halogens is 1. The molecule has 0 spiro atoms. The summed E-state index contributed by atoms with van der Waals surface area (Å²) in [5.74, 6) is 0.119. The second-order valence-corrected chi connectivity index (χ2v) is 4.98. The fourth-order valence-electron chi connectivity index (χ4n) is 2.53. The van der Waals surface area contributed by atoms with Crippen LogP contribution in [-0.2, 0) is 6.42 Å². The molecule has 0 bridgehead atoms. The Kier molecular flexibility index (Phi) is 2.88. The smallest absolute Gasteiger partial charge is 0.170 e. The second-order valence-electron chi connectivity index (χ2n) is 4.54. The molecule has 0 N–H and O–H groups in total. The number of benzene rings is 1. The highest BCUT2D eigenvalue weighted by Gasteiger charge is 2.28. The van der Waals surface area contributed by atoms with Crippen LogP contribution in [0.1, 0.15) is 33.8 Å². The highest BCUT2D eigenvalue weighted by Crippen LogP contribution is 2.33. The van der Waals surface area contributed by atoms with Gasteiger partial charge in [-0.05, 0) is 48.2 Å². The molecule has 1 aliphatic rings. The summed E-state index contributed by atoms with van der Waals surface area (Å²) in [7, 11) is 0. The van der Waals surface area contributed by atoms with Crippen LogP contribution in [0.2, 0.25) is 5.02 Å². The quantitative estimate of drug-likeness (QED) is 0.781. The van der Waals surface area contributed by atoms with Crippen molar-refractivity contribution in [1.29, 1.82) is 0 Å². The number of ketones is 1. The normalized spacial score (nSPS) is 18.5. The van der Waals surface area contributed by atoms with Crippen molar-refractivity contribution in [2.45, 2.75) is 18.8 Å². The number of Topliss-reactive ketones (excluding diaryl/α,β-unsaturated/α-hetero) is 1. The van der Waals surface area contributed by atoms with Crippen molar-refractivity contribution in [1.82, 2.24) is 4.98 Å². The number of nitrogens with zero attached hydrogens (tertiary/aromatic N) is 1. The highest BCUT2D eigenvalue weighted by atomic mass is 35.5. The number of carbonyl (C=O) groups is 1. The third kappa shape index (κ3) is 1.93. The number of hydrogen-bond donors (Lipinski definition) is 0. The van der Waals surface area contributed by atoms with Gasteiger partial charge in [0.1, 0.15) is 0 Å². The van der Waals surface area contributed by atoms with E-state index in [0.717, 1.165) is 29.5 Å². The summed E-state index contributed by atoms with van der Waals surface area (Å²) >= 11 is 5.96. The first kappa shape index (κ1) is 11.4. The van der Waals surface area contributed by atoms with E-state index in [9.17, 15) is 4.79 Å². The molecular weight excluding hydrogens is 246 g/mol. The van der Waals surface area contributed by atoms with Crippen molar-refractivity contribution in [3.63, 3.8) is 0 Å². The lowest BCUT2D eigenvalue weighted by Crippen LogP contribution is -2.21. The predicted molar refractivity (Wildman–Crippen MR) is 71.1 cm³/mol. The van der Waals surface area contributed by atoms with Crippen molar-refractivity contribution in [3.8, 4) is 0 Å². The van der Waals surface area contributed by atoms with Crippen molar-refractivity contribution in [2.24, 2.45) is 0 Å². The van der Waals surface area contributed by atoms with E-state index in [1.165, 1.54) is 0 Å². The van der Waals surface area contributed by atoms with Crippen LogP contribution in [0.4, 0.5) is 0 Å². The van der Waals surface area contributed by atoms with E-state index >= 15 is 0 Å². The Morgan fingerprint density at radius 3 is 2.94 bits per heavy atom. The third-order valence-electron chi connectivity index (χ3n) is 3.44. The molecule has 0 saturated carbocycles. The summed E-state index contributed by atoms with van der Waals surface area (Å²) in [6.07, 6.45) is 5.23. The molecule has 90 valence electrons. The van der Waals surface area contributed by atoms with Crippen LogP contribution in [0.25, 0.3) is 0 Å². The molecule has 1 heterocycles. The van der Waals surface area contributed by atoms with E-state index in [-0.39, 0.29) is 11.7 Å². The van der Waals surface area contributed by atoms with E-state index in [1.54, 1.807) is 18.5 Å². The summed E-state index contributed by atoms with van der Waals surface area (Å²) in [6, 6.07) is 9.36. The molecule has 3 heteroatoms. The average molecular weight is 258 g/mol. The van der Waals surface area contributed by atoms with Gasteiger partial charge >= 0.3 is 0 Å². The second kappa shape index (κ2) is 4.54. The lowest BCUT2D eigenvalue weighted by Gasteiger charge is -2.23. The van der Waals surface area contributed by atoms with Gasteiger partial charge < -0.3 is 0 Å². The molecule has 1 aliphatic carbocycles. The first-order chi connectivity index (χ1) is 8.75. The monoisotopic (exact) mass is 257 g/mol. The lowest BCUT2D eigenvalue weighted by atomic mass is 9.79. The van der Waals surface area contributed by atoms with Gasteiger partial charge in [-0.1, -0.05) is 17.7 Å². The molecule has 2 aromatic rings. The van der Waals surface area contributed by atoms with Gasteiger partial charge in [0.05, 0.1) is 0 Å². The Bertz CT molecular complexity index is 595. The van der Waals surface area contributed by atoms with Crippen LogP contribution in [0.3, 0.4) is 0 Å². The molecule has 0 saturated heterocycles. The van der Waals surface area contributed by atoms with Crippen molar-refractivity contribution >= 4 is 17.4 Å². The molecule has 1 aromatic carbocycles. The van der Waals surface area contributed by atoms with Gasteiger partial charge in [-0.25, -0.2) is 0 Å². The SMILES string of the molecule is O=C1c2ccc(Cl)cc2CC[C@@H]1c1cccnc1. The third-order valence-corrected chi connectivity index (χ3v) is 3.67. The van der Waals surface area contributed by atoms with Crippen LogP contribution >= 0.6 is 11.6 Å². The molecule has 18 heavy (non-hydrogen) atoms. The number of fused-ring (bicyclic) bond motifs is 1. The standard InChI is InChI=1S/C15H12ClNO/c16-12-4-6-13-10(8-12)3-5-14(15(13)18)11-2-1-7-17-9-11/h1-2,4,6-9,14H,3,5H2/t14-/m1/s1. The van der Waals surface area contributed by atoms with Gasteiger partial charge in [-0.15, -0.1) is 0 Å². The maximum atomic E-state index is 12.5. The van der Waals surface area contributed by atoms with Crippen molar-refractivity contribution < 1.29 is 4.79 Å².